The van der Waals surface area contributed by atoms with Crippen LogP contribution in [-0.2, 0) is 4.74 Å². The minimum atomic E-state index is -0.610. The number of likely N-dealkylation sites (N-methyl/N-ethyl adjacent to an activating group) is 1. The highest BCUT2D eigenvalue weighted by Gasteiger charge is 2.36. The van der Waals surface area contributed by atoms with E-state index in [1.807, 2.05) is 11.9 Å². The number of halogens is 1. The van der Waals surface area contributed by atoms with Crippen LogP contribution in [0.25, 0.3) is 22.3 Å². The summed E-state index contributed by atoms with van der Waals surface area (Å²) < 4.78 is 11.7. The molecule has 3 aromatic rings. The maximum absolute atomic E-state index is 13.0. The number of phenols is 2. The monoisotopic (exact) mass is 458 g/mol. The van der Waals surface area contributed by atoms with Gasteiger partial charge in [0.1, 0.15) is 34.3 Å². The van der Waals surface area contributed by atoms with Gasteiger partial charge in [-0.2, -0.15) is 0 Å². The Labute approximate surface area is 189 Å². The molecule has 168 valence electrons. The van der Waals surface area contributed by atoms with E-state index in [9.17, 15) is 19.8 Å². The van der Waals surface area contributed by atoms with Crippen LogP contribution in [0.5, 0.6) is 11.5 Å². The third-order valence-corrected chi connectivity index (χ3v) is 6.06. The molecule has 0 radical (unpaired) electrons. The molecule has 1 saturated heterocycles. The molecule has 1 aliphatic heterocycles. The third kappa shape index (κ3) is 3.99. The number of nitrogens with zero attached hydrogens (tertiary/aromatic N) is 1. The summed E-state index contributed by atoms with van der Waals surface area (Å²) in [4.78, 5) is 26.9. The minimum absolute atomic E-state index is 0.0463. The number of benzene rings is 2. The molecule has 9 heteroatoms. The summed E-state index contributed by atoms with van der Waals surface area (Å²) in [5.41, 5.74) is 0.385. The molecule has 3 N–H and O–H groups in total. The number of piperidine rings is 1. The van der Waals surface area contributed by atoms with Crippen LogP contribution in [0.3, 0.4) is 0 Å². The van der Waals surface area contributed by atoms with Gasteiger partial charge in [0.15, 0.2) is 5.43 Å². The first kappa shape index (κ1) is 22.0. The van der Waals surface area contributed by atoms with E-state index >= 15 is 0 Å². The Balaban J connectivity index is 1.95. The second-order valence-electron chi connectivity index (χ2n) is 7.84. The summed E-state index contributed by atoms with van der Waals surface area (Å²) in [5, 5.41) is 24.0. The molecule has 1 aromatic heterocycles. The van der Waals surface area contributed by atoms with Crippen molar-refractivity contribution >= 4 is 28.7 Å². The fourth-order valence-corrected chi connectivity index (χ4v) is 4.42. The lowest BCUT2D eigenvalue weighted by Crippen LogP contribution is -2.44. The van der Waals surface area contributed by atoms with Crippen molar-refractivity contribution in [2.45, 2.75) is 18.4 Å². The van der Waals surface area contributed by atoms with E-state index < -0.39 is 29.3 Å². The number of ether oxygens (including phenoxy) is 1. The number of hydrogen-bond donors (Lipinski definition) is 3. The van der Waals surface area contributed by atoms with E-state index in [-0.39, 0.29) is 22.5 Å². The Kier molecular flexibility index (Phi) is 5.99. The molecule has 0 bridgehead atoms. The van der Waals surface area contributed by atoms with E-state index in [4.69, 9.17) is 20.8 Å². The number of fused-ring (bicyclic) bond motifs is 1. The van der Waals surface area contributed by atoms with Gasteiger partial charge in [-0.25, -0.2) is 4.79 Å². The molecule has 0 saturated carbocycles. The first-order valence-corrected chi connectivity index (χ1v) is 10.5. The fourth-order valence-electron chi connectivity index (χ4n) is 4.19. The Morgan fingerprint density at radius 3 is 2.72 bits per heavy atom. The zero-order valence-corrected chi connectivity index (χ0v) is 18.3. The van der Waals surface area contributed by atoms with Gasteiger partial charge >= 0.3 is 6.09 Å². The van der Waals surface area contributed by atoms with Gasteiger partial charge in [-0.05, 0) is 32.1 Å². The second-order valence-corrected chi connectivity index (χ2v) is 8.25. The number of aromatic hydroxyl groups is 2. The van der Waals surface area contributed by atoms with Crippen molar-refractivity contribution in [3.8, 4) is 22.8 Å². The number of nitrogens with one attached hydrogen (secondary N) is 1. The normalized spacial score (nSPS) is 19.1. The summed E-state index contributed by atoms with van der Waals surface area (Å²) in [7, 11) is 3.37. The van der Waals surface area contributed by atoms with E-state index in [0.29, 0.717) is 35.7 Å². The third-order valence-electron chi connectivity index (χ3n) is 5.73. The molecule has 0 aliphatic carbocycles. The van der Waals surface area contributed by atoms with Crippen molar-refractivity contribution in [3.63, 3.8) is 0 Å². The fraction of sp³-hybridized carbons (Fsp3) is 0.304. The van der Waals surface area contributed by atoms with E-state index in [1.165, 1.54) is 13.1 Å². The summed E-state index contributed by atoms with van der Waals surface area (Å²) in [6.45, 7) is 1.10. The highest BCUT2D eigenvalue weighted by atomic mass is 35.5. The lowest BCUT2D eigenvalue weighted by molar-refractivity contribution is 0.0362. The Bertz CT molecular complexity index is 1240. The summed E-state index contributed by atoms with van der Waals surface area (Å²) >= 11 is 6.30. The van der Waals surface area contributed by atoms with E-state index in [1.54, 1.807) is 24.3 Å². The maximum Gasteiger partial charge on any atom is 0.407 e. The number of phenolic OH excluding ortho intramolecular Hbond substituents is 2. The highest BCUT2D eigenvalue weighted by molar-refractivity contribution is 6.33. The largest absolute Gasteiger partial charge is 0.507 e. The van der Waals surface area contributed by atoms with Crippen LogP contribution in [0.2, 0.25) is 5.02 Å². The predicted octanol–water partition coefficient (Wildman–Crippen LogP) is 3.67. The van der Waals surface area contributed by atoms with Crippen LogP contribution in [-0.4, -0.2) is 54.5 Å². The van der Waals surface area contributed by atoms with E-state index in [0.717, 1.165) is 6.07 Å². The average molecular weight is 459 g/mol. The molecule has 0 spiro atoms. The van der Waals surface area contributed by atoms with Crippen LogP contribution < -0.4 is 10.7 Å². The van der Waals surface area contributed by atoms with Crippen molar-refractivity contribution in [2.75, 3.05) is 27.2 Å². The summed E-state index contributed by atoms with van der Waals surface area (Å²) in [6.07, 6.45) is -0.677. The summed E-state index contributed by atoms with van der Waals surface area (Å²) in [5.74, 6) is -0.890. The molecule has 2 aromatic carbocycles. The standard InChI is InChI=1S/C23H23ClN2O6/c1-25-23(30)32-19-11-26(2)8-7-13(19)20-15(27)9-16(28)21-17(29)10-18(31-22(20)21)12-5-3-4-6-14(12)24/h3-6,9-10,13,19,27-28H,7-8,11H2,1-2H3,(H,25,30)/t13-,19+/m0/s1. The number of likely N-dealkylation sites (tertiary alicyclic amines) is 1. The quantitative estimate of drug-likeness (QED) is 0.549. The Hall–Kier alpha value is -3.23. The number of amides is 1. The number of alkyl carbamates (subject to hydrolysis) is 1. The van der Waals surface area contributed by atoms with Crippen LogP contribution in [0.4, 0.5) is 4.79 Å². The van der Waals surface area contributed by atoms with E-state index in [2.05, 4.69) is 5.32 Å². The highest BCUT2D eigenvalue weighted by Crippen LogP contribution is 2.43. The van der Waals surface area contributed by atoms with Crippen LogP contribution in [0, 0.1) is 0 Å². The Morgan fingerprint density at radius 2 is 2.00 bits per heavy atom. The van der Waals surface area contributed by atoms with Crippen LogP contribution in [0.1, 0.15) is 17.9 Å². The minimum Gasteiger partial charge on any atom is -0.507 e. The zero-order valence-electron chi connectivity index (χ0n) is 17.6. The molecule has 0 unspecified atom stereocenters. The smallest absolute Gasteiger partial charge is 0.407 e. The number of hydrogen-bond acceptors (Lipinski definition) is 7. The number of carbonyl (C=O) groups is 1. The van der Waals surface area contributed by atoms with Gasteiger partial charge in [0.05, 0.1) is 5.02 Å². The first-order chi connectivity index (χ1) is 15.3. The number of rotatable bonds is 3. The molecule has 4 rings (SSSR count). The predicted molar refractivity (Wildman–Crippen MR) is 120 cm³/mol. The molecule has 8 nitrogen and oxygen atoms in total. The molecular weight excluding hydrogens is 436 g/mol. The van der Waals surface area contributed by atoms with Gasteiger partial charge in [0, 0.05) is 42.8 Å². The molecular formula is C23H23ClN2O6. The van der Waals surface area contributed by atoms with Gasteiger partial charge in [-0.3, -0.25) is 4.79 Å². The molecule has 2 atom stereocenters. The van der Waals surface area contributed by atoms with Gasteiger partial charge in [-0.1, -0.05) is 23.7 Å². The average Bonchev–Trinajstić information content (AvgIpc) is 2.74. The lowest BCUT2D eigenvalue weighted by atomic mass is 9.85. The van der Waals surface area contributed by atoms with Gasteiger partial charge in [-0.15, -0.1) is 0 Å². The molecule has 32 heavy (non-hydrogen) atoms. The lowest BCUT2D eigenvalue weighted by Gasteiger charge is -2.36. The van der Waals surface area contributed by atoms with Crippen molar-refractivity contribution in [1.82, 2.24) is 10.2 Å². The topological polar surface area (TPSA) is 112 Å². The van der Waals surface area contributed by atoms with Gasteiger partial charge in [0.25, 0.3) is 0 Å². The van der Waals surface area contributed by atoms with Crippen molar-refractivity contribution in [1.29, 1.82) is 0 Å². The van der Waals surface area contributed by atoms with Crippen LogP contribution in [0.15, 0.2) is 45.6 Å². The van der Waals surface area contributed by atoms with Crippen molar-refractivity contribution in [3.05, 3.63) is 57.2 Å². The first-order valence-electron chi connectivity index (χ1n) is 10.1. The zero-order chi connectivity index (χ0) is 23.0. The van der Waals surface area contributed by atoms with Gasteiger partial charge < -0.3 is 29.6 Å². The molecule has 2 heterocycles. The van der Waals surface area contributed by atoms with Gasteiger partial charge in [0.2, 0.25) is 0 Å². The molecule has 1 amide bonds. The molecule has 1 aliphatic rings. The Morgan fingerprint density at radius 1 is 1.25 bits per heavy atom. The maximum atomic E-state index is 13.0. The number of carbonyl (C=O) groups excluding carboxylic acids is 1. The van der Waals surface area contributed by atoms with Crippen molar-refractivity contribution < 1.29 is 24.2 Å². The second kappa shape index (κ2) is 8.72. The van der Waals surface area contributed by atoms with Crippen LogP contribution >= 0.6 is 11.6 Å². The molecule has 1 fully saturated rings. The SMILES string of the molecule is CNC(=O)O[C@@H]1CN(C)CC[C@@H]1c1c(O)cc(O)c2c(=O)cc(-c3ccccc3Cl)oc12. The van der Waals surface area contributed by atoms with Crippen molar-refractivity contribution in [2.24, 2.45) is 0 Å². The summed E-state index contributed by atoms with van der Waals surface area (Å²) in [6, 6.07) is 9.29.